The SMILES string of the molecule is CCS(=O)(=O)c1ccc(O)c(NC(=O)C(C)n2nc([N+](=O)[O-])cc2C)c1. The molecule has 10 nitrogen and oxygen atoms in total. The second-order valence-corrected chi connectivity index (χ2v) is 7.87. The molecule has 140 valence electrons. The average Bonchev–Trinajstić information content (AvgIpc) is 2.98. The number of phenolic OH excluding ortho intramolecular Hbond substituents is 1. The molecule has 0 saturated carbocycles. The van der Waals surface area contributed by atoms with E-state index in [9.17, 15) is 28.4 Å². The Morgan fingerprint density at radius 3 is 2.62 bits per heavy atom. The lowest BCUT2D eigenvalue weighted by Crippen LogP contribution is -2.25. The number of hydrogen-bond donors (Lipinski definition) is 2. The second-order valence-electron chi connectivity index (χ2n) is 5.59. The van der Waals surface area contributed by atoms with Crippen molar-refractivity contribution in [2.75, 3.05) is 11.1 Å². The van der Waals surface area contributed by atoms with Crippen LogP contribution in [0.2, 0.25) is 0 Å². The average molecular weight is 382 g/mol. The summed E-state index contributed by atoms with van der Waals surface area (Å²) in [7, 11) is -3.51. The summed E-state index contributed by atoms with van der Waals surface area (Å²) in [4.78, 5) is 22.5. The zero-order chi connectivity index (χ0) is 19.6. The van der Waals surface area contributed by atoms with Crippen LogP contribution in [0.5, 0.6) is 5.75 Å². The van der Waals surface area contributed by atoms with Crippen molar-refractivity contribution in [3.05, 3.63) is 40.1 Å². The number of nitro groups is 1. The van der Waals surface area contributed by atoms with Crippen LogP contribution in [0.1, 0.15) is 25.6 Å². The Hall–Kier alpha value is -2.95. The molecule has 0 aliphatic rings. The highest BCUT2D eigenvalue weighted by Crippen LogP contribution is 2.28. The monoisotopic (exact) mass is 382 g/mol. The zero-order valence-corrected chi connectivity index (χ0v) is 15.1. The standard InChI is InChI=1S/C15H18N4O6S/c1-4-26(24,25)11-5-6-13(20)12(8-11)16-15(21)10(3)18-9(2)7-14(17-18)19(22)23/h5-8,10,20H,4H2,1-3H3,(H,16,21). The first-order chi connectivity index (χ1) is 12.1. The van der Waals surface area contributed by atoms with E-state index in [4.69, 9.17) is 0 Å². The molecule has 0 aliphatic carbocycles. The number of hydrogen-bond acceptors (Lipinski definition) is 7. The molecular weight excluding hydrogens is 364 g/mol. The predicted molar refractivity (Wildman–Crippen MR) is 92.8 cm³/mol. The molecule has 11 heteroatoms. The molecule has 1 amide bonds. The number of aromatic hydroxyl groups is 1. The van der Waals surface area contributed by atoms with Gasteiger partial charge in [0.2, 0.25) is 0 Å². The quantitative estimate of drug-likeness (QED) is 0.440. The molecule has 0 saturated heterocycles. The number of sulfone groups is 1. The molecule has 2 aromatic rings. The molecule has 2 rings (SSSR count). The van der Waals surface area contributed by atoms with Crippen molar-refractivity contribution in [2.24, 2.45) is 0 Å². The molecule has 26 heavy (non-hydrogen) atoms. The van der Waals surface area contributed by atoms with Crippen LogP contribution in [0, 0.1) is 17.0 Å². The van der Waals surface area contributed by atoms with Crippen LogP contribution in [-0.2, 0) is 14.6 Å². The van der Waals surface area contributed by atoms with Gasteiger partial charge in [-0.1, -0.05) is 6.92 Å². The summed E-state index contributed by atoms with van der Waals surface area (Å²) in [5, 5.41) is 26.9. The Morgan fingerprint density at radius 1 is 1.42 bits per heavy atom. The van der Waals surface area contributed by atoms with Crippen LogP contribution >= 0.6 is 0 Å². The lowest BCUT2D eigenvalue weighted by molar-refractivity contribution is -0.389. The third kappa shape index (κ3) is 3.82. The van der Waals surface area contributed by atoms with Gasteiger partial charge in [0.15, 0.2) is 9.84 Å². The molecule has 0 bridgehead atoms. The Balaban J connectivity index is 2.30. The van der Waals surface area contributed by atoms with Gasteiger partial charge in [-0.05, 0) is 37.0 Å². The lowest BCUT2D eigenvalue weighted by Gasteiger charge is -2.13. The molecule has 0 radical (unpaired) electrons. The van der Waals surface area contributed by atoms with Crippen LogP contribution in [0.15, 0.2) is 29.2 Å². The Bertz CT molecular complexity index is 967. The molecular formula is C15H18N4O6S. The molecule has 1 aromatic carbocycles. The fourth-order valence-corrected chi connectivity index (χ4v) is 3.18. The normalized spacial score (nSPS) is 12.6. The van der Waals surface area contributed by atoms with Crippen molar-refractivity contribution in [3.8, 4) is 5.75 Å². The van der Waals surface area contributed by atoms with Crippen LogP contribution in [0.25, 0.3) is 0 Å². The van der Waals surface area contributed by atoms with Gasteiger partial charge in [0.05, 0.1) is 33.2 Å². The first kappa shape index (κ1) is 19.4. The fourth-order valence-electron chi connectivity index (χ4n) is 2.28. The van der Waals surface area contributed by atoms with Crippen LogP contribution < -0.4 is 5.32 Å². The largest absolute Gasteiger partial charge is 0.506 e. The lowest BCUT2D eigenvalue weighted by atomic mass is 10.2. The van der Waals surface area contributed by atoms with E-state index in [2.05, 4.69) is 10.4 Å². The van der Waals surface area contributed by atoms with Crippen LogP contribution in [-0.4, -0.2) is 39.9 Å². The molecule has 2 N–H and O–H groups in total. The molecule has 0 spiro atoms. The highest BCUT2D eigenvalue weighted by Gasteiger charge is 2.25. The van der Waals surface area contributed by atoms with Gasteiger partial charge in [-0.15, -0.1) is 0 Å². The van der Waals surface area contributed by atoms with Gasteiger partial charge in [-0.3, -0.25) is 4.79 Å². The van der Waals surface area contributed by atoms with Crippen molar-refractivity contribution in [3.63, 3.8) is 0 Å². The van der Waals surface area contributed by atoms with Crippen molar-refractivity contribution in [1.82, 2.24) is 9.78 Å². The number of nitrogens with zero attached hydrogens (tertiary/aromatic N) is 3. The third-order valence-electron chi connectivity index (χ3n) is 3.81. The number of carbonyl (C=O) groups is 1. The number of aromatic nitrogens is 2. The maximum atomic E-state index is 12.4. The fraction of sp³-hybridized carbons (Fsp3) is 0.333. The van der Waals surface area contributed by atoms with Gasteiger partial charge < -0.3 is 20.5 Å². The second kappa shape index (κ2) is 7.12. The van der Waals surface area contributed by atoms with Gasteiger partial charge >= 0.3 is 5.82 Å². The van der Waals surface area contributed by atoms with Crippen molar-refractivity contribution >= 4 is 27.2 Å². The molecule has 0 fully saturated rings. The number of phenols is 1. The van der Waals surface area contributed by atoms with Gasteiger partial charge in [-0.2, -0.15) is 4.68 Å². The smallest absolute Gasteiger partial charge is 0.390 e. The summed E-state index contributed by atoms with van der Waals surface area (Å²) in [5.41, 5.74) is 0.335. The Kier molecular flexibility index (Phi) is 5.30. The number of rotatable bonds is 6. The summed E-state index contributed by atoms with van der Waals surface area (Å²) in [5.74, 6) is -1.44. The van der Waals surface area contributed by atoms with E-state index in [1.807, 2.05) is 0 Å². The summed E-state index contributed by atoms with van der Waals surface area (Å²) in [6.45, 7) is 4.52. The summed E-state index contributed by atoms with van der Waals surface area (Å²) < 4.78 is 25.1. The number of anilines is 1. The summed E-state index contributed by atoms with van der Waals surface area (Å²) in [6, 6.07) is 3.89. The highest BCUT2D eigenvalue weighted by atomic mass is 32.2. The van der Waals surface area contributed by atoms with Gasteiger partial charge in [0, 0.05) is 0 Å². The van der Waals surface area contributed by atoms with Crippen molar-refractivity contribution < 1.29 is 23.2 Å². The van der Waals surface area contributed by atoms with E-state index in [1.165, 1.54) is 36.7 Å². The summed E-state index contributed by atoms with van der Waals surface area (Å²) in [6.07, 6.45) is 0. The van der Waals surface area contributed by atoms with E-state index >= 15 is 0 Å². The number of nitrogens with one attached hydrogen (secondary N) is 1. The maximum absolute atomic E-state index is 12.4. The molecule has 0 aliphatic heterocycles. The Morgan fingerprint density at radius 2 is 2.08 bits per heavy atom. The molecule has 1 aromatic heterocycles. The zero-order valence-electron chi connectivity index (χ0n) is 14.3. The first-order valence-electron chi connectivity index (χ1n) is 7.64. The van der Waals surface area contributed by atoms with E-state index in [1.54, 1.807) is 6.92 Å². The predicted octanol–water partition coefficient (Wildman–Crippen LogP) is 1.80. The minimum Gasteiger partial charge on any atom is -0.506 e. The van der Waals surface area contributed by atoms with Gasteiger partial charge in [0.1, 0.15) is 11.8 Å². The van der Waals surface area contributed by atoms with Gasteiger partial charge in [0.25, 0.3) is 5.91 Å². The first-order valence-corrected chi connectivity index (χ1v) is 9.29. The van der Waals surface area contributed by atoms with E-state index in [-0.39, 0.29) is 27.9 Å². The van der Waals surface area contributed by atoms with E-state index in [0.717, 1.165) is 6.07 Å². The number of benzene rings is 1. The van der Waals surface area contributed by atoms with Crippen LogP contribution in [0.4, 0.5) is 11.5 Å². The highest BCUT2D eigenvalue weighted by molar-refractivity contribution is 7.91. The van der Waals surface area contributed by atoms with Crippen molar-refractivity contribution in [1.29, 1.82) is 0 Å². The van der Waals surface area contributed by atoms with Crippen LogP contribution in [0.3, 0.4) is 0 Å². The molecule has 1 atom stereocenters. The maximum Gasteiger partial charge on any atom is 0.390 e. The molecule has 1 heterocycles. The number of aryl methyl sites for hydroxylation is 1. The van der Waals surface area contributed by atoms with Crippen molar-refractivity contribution in [2.45, 2.75) is 31.7 Å². The minimum absolute atomic E-state index is 0.0355. The number of amides is 1. The summed E-state index contributed by atoms with van der Waals surface area (Å²) >= 11 is 0. The van der Waals surface area contributed by atoms with Gasteiger partial charge in [-0.25, -0.2) is 8.42 Å². The van der Waals surface area contributed by atoms with E-state index in [0.29, 0.717) is 5.69 Å². The third-order valence-corrected chi connectivity index (χ3v) is 5.54. The Labute approximate surface area is 149 Å². The topological polar surface area (TPSA) is 144 Å². The molecule has 1 unspecified atom stereocenters. The minimum atomic E-state index is -3.51. The number of carbonyl (C=O) groups excluding carboxylic acids is 1. The van der Waals surface area contributed by atoms with E-state index < -0.39 is 26.7 Å².